The van der Waals surface area contributed by atoms with Crippen molar-refractivity contribution in [2.24, 2.45) is 5.73 Å². The molecule has 0 radical (unpaired) electrons. The molecule has 3 heteroatoms. The Bertz CT molecular complexity index is 386. The van der Waals surface area contributed by atoms with Crippen molar-refractivity contribution in [1.29, 1.82) is 0 Å². The lowest BCUT2D eigenvalue weighted by molar-refractivity contribution is -0.114. The van der Waals surface area contributed by atoms with Gasteiger partial charge in [0.2, 0.25) is 5.91 Å². The molecule has 1 amide bonds. The molecule has 2 unspecified atom stereocenters. The maximum absolute atomic E-state index is 10.9. The predicted octanol–water partition coefficient (Wildman–Crippen LogP) is 2.63. The van der Waals surface area contributed by atoms with E-state index in [0.717, 1.165) is 18.5 Å². The highest BCUT2D eigenvalue weighted by molar-refractivity contribution is 5.88. The van der Waals surface area contributed by atoms with Gasteiger partial charge in [-0.3, -0.25) is 4.79 Å². The third-order valence-corrected chi connectivity index (χ3v) is 3.42. The van der Waals surface area contributed by atoms with Gasteiger partial charge < -0.3 is 11.1 Å². The second-order valence-electron chi connectivity index (χ2n) is 4.93. The molecule has 0 aromatic heterocycles. The zero-order valence-corrected chi connectivity index (χ0v) is 10.3. The highest BCUT2D eigenvalue weighted by atomic mass is 16.1. The molecule has 1 saturated carbocycles. The lowest BCUT2D eigenvalue weighted by Gasteiger charge is -2.27. The van der Waals surface area contributed by atoms with Crippen molar-refractivity contribution in [3.63, 3.8) is 0 Å². The minimum absolute atomic E-state index is 0.0301. The highest BCUT2D eigenvalue weighted by Gasteiger charge is 2.20. The molecule has 1 fully saturated rings. The summed E-state index contributed by atoms with van der Waals surface area (Å²) in [4.78, 5) is 10.9. The molecule has 3 N–H and O–H groups in total. The molecule has 1 aromatic rings. The minimum atomic E-state index is -0.0301. The SMILES string of the molecule is CC(=O)Nc1ccc(C2CCCC(N)C2)cc1. The number of amides is 1. The average Bonchev–Trinajstić information content (AvgIpc) is 2.29. The molecule has 92 valence electrons. The van der Waals surface area contributed by atoms with Crippen molar-refractivity contribution in [1.82, 2.24) is 0 Å². The Hall–Kier alpha value is -1.35. The van der Waals surface area contributed by atoms with Crippen molar-refractivity contribution in [3.8, 4) is 0 Å². The number of rotatable bonds is 2. The second kappa shape index (κ2) is 5.32. The normalized spacial score (nSPS) is 24.4. The number of hydrogen-bond donors (Lipinski definition) is 2. The van der Waals surface area contributed by atoms with Crippen molar-refractivity contribution >= 4 is 11.6 Å². The van der Waals surface area contributed by atoms with Gasteiger partial charge in [0, 0.05) is 18.7 Å². The number of anilines is 1. The molecule has 1 aliphatic rings. The van der Waals surface area contributed by atoms with Gasteiger partial charge in [-0.2, -0.15) is 0 Å². The molecule has 3 nitrogen and oxygen atoms in total. The first-order valence-electron chi connectivity index (χ1n) is 6.28. The summed E-state index contributed by atoms with van der Waals surface area (Å²) in [5.74, 6) is 0.558. The van der Waals surface area contributed by atoms with Gasteiger partial charge in [0.1, 0.15) is 0 Å². The Morgan fingerprint density at radius 3 is 2.59 bits per heavy atom. The van der Waals surface area contributed by atoms with Crippen molar-refractivity contribution in [2.45, 2.75) is 44.6 Å². The summed E-state index contributed by atoms with van der Waals surface area (Å²) < 4.78 is 0. The van der Waals surface area contributed by atoms with Gasteiger partial charge in [-0.1, -0.05) is 18.6 Å². The van der Waals surface area contributed by atoms with Crippen LogP contribution in [0.2, 0.25) is 0 Å². The summed E-state index contributed by atoms with van der Waals surface area (Å²) in [5.41, 5.74) is 8.21. The van der Waals surface area contributed by atoms with Crippen LogP contribution in [0.3, 0.4) is 0 Å². The van der Waals surface area contributed by atoms with Crippen LogP contribution >= 0.6 is 0 Å². The van der Waals surface area contributed by atoms with Gasteiger partial charge in [0.15, 0.2) is 0 Å². The molecular weight excluding hydrogens is 212 g/mol. The van der Waals surface area contributed by atoms with Crippen molar-refractivity contribution in [2.75, 3.05) is 5.32 Å². The minimum Gasteiger partial charge on any atom is -0.328 e. The molecule has 0 spiro atoms. The van der Waals surface area contributed by atoms with Gasteiger partial charge in [0.05, 0.1) is 0 Å². The van der Waals surface area contributed by atoms with Crippen LogP contribution < -0.4 is 11.1 Å². The van der Waals surface area contributed by atoms with Crippen LogP contribution in [-0.2, 0) is 4.79 Å². The lowest BCUT2D eigenvalue weighted by Crippen LogP contribution is -2.26. The maximum atomic E-state index is 10.9. The predicted molar refractivity (Wildman–Crippen MR) is 69.9 cm³/mol. The van der Waals surface area contributed by atoms with Crippen LogP contribution in [0.25, 0.3) is 0 Å². The van der Waals surface area contributed by atoms with E-state index in [1.54, 1.807) is 0 Å². The summed E-state index contributed by atoms with van der Waals surface area (Å²) in [6.45, 7) is 1.52. The van der Waals surface area contributed by atoms with Crippen LogP contribution in [0.1, 0.15) is 44.1 Å². The van der Waals surface area contributed by atoms with Crippen LogP contribution in [0.15, 0.2) is 24.3 Å². The lowest BCUT2D eigenvalue weighted by atomic mass is 9.82. The van der Waals surface area contributed by atoms with Crippen molar-refractivity contribution < 1.29 is 4.79 Å². The fraction of sp³-hybridized carbons (Fsp3) is 0.500. The molecule has 0 heterocycles. The summed E-state index contributed by atoms with van der Waals surface area (Å²) >= 11 is 0. The number of carbonyl (C=O) groups is 1. The summed E-state index contributed by atoms with van der Waals surface area (Å²) in [6, 6.07) is 8.50. The molecule has 1 aliphatic carbocycles. The maximum Gasteiger partial charge on any atom is 0.221 e. The van der Waals surface area contributed by atoms with Crippen LogP contribution in [-0.4, -0.2) is 11.9 Å². The second-order valence-corrected chi connectivity index (χ2v) is 4.93. The van der Waals surface area contributed by atoms with E-state index in [-0.39, 0.29) is 5.91 Å². The fourth-order valence-electron chi connectivity index (χ4n) is 2.57. The first-order valence-corrected chi connectivity index (χ1v) is 6.28. The van der Waals surface area contributed by atoms with Crippen LogP contribution in [0.5, 0.6) is 0 Å². The quantitative estimate of drug-likeness (QED) is 0.823. The van der Waals surface area contributed by atoms with Crippen LogP contribution in [0.4, 0.5) is 5.69 Å². The molecule has 2 atom stereocenters. The number of hydrogen-bond acceptors (Lipinski definition) is 2. The number of benzene rings is 1. The Morgan fingerprint density at radius 1 is 1.29 bits per heavy atom. The Morgan fingerprint density at radius 2 is 2.00 bits per heavy atom. The van der Waals surface area contributed by atoms with Crippen LogP contribution in [0, 0.1) is 0 Å². The largest absolute Gasteiger partial charge is 0.328 e. The first-order chi connectivity index (χ1) is 8.15. The van der Waals surface area contributed by atoms with E-state index < -0.39 is 0 Å². The number of nitrogens with two attached hydrogens (primary N) is 1. The van der Waals surface area contributed by atoms with E-state index in [0.29, 0.717) is 12.0 Å². The van der Waals surface area contributed by atoms with Gasteiger partial charge in [0.25, 0.3) is 0 Å². The summed E-state index contributed by atoms with van der Waals surface area (Å²) in [7, 11) is 0. The summed E-state index contributed by atoms with van der Waals surface area (Å²) in [6.07, 6.45) is 4.69. The molecular formula is C14H20N2O. The number of carbonyl (C=O) groups excluding carboxylic acids is 1. The summed E-state index contributed by atoms with van der Waals surface area (Å²) in [5, 5.41) is 2.78. The monoisotopic (exact) mass is 232 g/mol. The first kappa shape index (κ1) is 12.1. The fourth-order valence-corrected chi connectivity index (χ4v) is 2.57. The van der Waals surface area contributed by atoms with E-state index in [9.17, 15) is 4.79 Å². The standard InChI is InChI=1S/C14H20N2O/c1-10(17)16-14-7-5-11(6-8-14)12-3-2-4-13(15)9-12/h5-8,12-13H,2-4,9,15H2,1H3,(H,16,17). The zero-order valence-electron chi connectivity index (χ0n) is 10.3. The third-order valence-electron chi connectivity index (χ3n) is 3.42. The van der Waals surface area contributed by atoms with E-state index in [2.05, 4.69) is 17.4 Å². The zero-order chi connectivity index (χ0) is 12.3. The molecule has 2 rings (SSSR count). The molecule has 1 aromatic carbocycles. The Kier molecular flexibility index (Phi) is 3.79. The van der Waals surface area contributed by atoms with E-state index >= 15 is 0 Å². The average molecular weight is 232 g/mol. The molecule has 0 saturated heterocycles. The third kappa shape index (κ3) is 3.30. The van der Waals surface area contributed by atoms with Gasteiger partial charge in [-0.25, -0.2) is 0 Å². The topological polar surface area (TPSA) is 55.1 Å². The molecule has 0 aliphatic heterocycles. The Balaban J connectivity index is 2.04. The van der Waals surface area contributed by atoms with E-state index in [1.165, 1.54) is 25.3 Å². The van der Waals surface area contributed by atoms with Gasteiger partial charge >= 0.3 is 0 Å². The highest BCUT2D eigenvalue weighted by Crippen LogP contribution is 2.32. The van der Waals surface area contributed by atoms with E-state index in [1.807, 2.05) is 12.1 Å². The van der Waals surface area contributed by atoms with Gasteiger partial charge in [-0.15, -0.1) is 0 Å². The number of nitrogens with one attached hydrogen (secondary N) is 1. The molecule has 0 bridgehead atoms. The molecule has 17 heavy (non-hydrogen) atoms. The smallest absolute Gasteiger partial charge is 0.221 e. The van der Waals surface area contributed by atoms with E-state index in [4.69, 9.17) is 5.73 Å². The Labute approximate surface area is 102 Å². The van der Waals surface area contributed by atoms with Crippen molar-refractivity contribution in [3.05, 3.63) is 29.8 Å². The van der Waals surface area contributed by atoms with Gasteiger partial charge in [-0.05, 0) is 42.9 Å².